The molecule has 3 rings (SSSR count). The number of nitrogens with one attached hydrogen (secondary N) is 1. The molecule has 1 aliphatic heterocycles. The van der Waals surface area contributed by atoms with E-state index in [9.17, 15) is 14.9 Å². The summed E-state index contributed by atoms with van der Waals surface area (Å²) in [5.41, 5.74) is -0.799. The molecular weight excluding hydrogens is 366 g/mol. The minimum Gasteiger partial charge on any atom is -0.444 e. The van der Waals surface area contributed by atoms with Crippen molar-refractivity contribution in [1.82, 2.24) is 15.1 Å². The van der Waals surface area contributed by atoms with Gasteiger partial charge in [-0.1, -0.05) is 0 Å². The van der Waals surface area contributed by atoms with Gasteiger partial charge in [0.2, 0.25) is 5.82 Å². The molecule has 10 heteroatoms. The fourth-order valence-electron chi connectivity index (χ4n) is 4.06. The van der Waals surface area contributed by atoms with Crippen molar-refractivity contribution in [3.63, 3.8) is 0 Å². The summed E-state index contributed by atoms with van der Waals surface area (Å²) in [6.45, 7) is 6.64. The minimum absolute atomic E-state index is 0.00850. The summed E-state index contributed by atoms with van der Waals surface area (Å²) in [4.78, 5) is 25.4. The van der Waals surface area contributed by atoms with Crippen molar-refractivity contribution in [2.45, 2.75) is 57.8 Å². The minimum atomic E-state index is -0.588. The van der Waals surface area contributed by atoms with E-state index in [-0.39, 0.29) is 23.2 Å². The van der Waals surface area contributed by atoms with Gasteiger partial charge in [0.25, 0.3) is 0 Å². The van der Waals surface area contributed by atoms with Crippen molar-refractivity contribution < 1.29 is 19.2 Å². The third kappa shape index (κ3) is 4.06. The molecule has 0 bridgehead atoms. The van der Waals surface area contributed by atoms with Crippen LogP contribution >= 0.6 is 0 Å². The predicted molar refractivity (Wildman–Crippen MR) is 102 cm³/mol. The topological polar surface area (TPSA) is 112 Å². The molecule has 1 N–H and O–H groups in total. The second kappa shape index (κ2) is 7.23. The van der Waals surface area contributed by atoms with E-state index in [1.54, 1.807) is 14.2 Å². The Balaban J connectivity index is 1.85. The second-order valence-electron chi connectivity index (χ2n) is 8.70. The smallest absolute Gasteiger partial charge is 0.407 e. The Morgan fingerprint density at radius 2 is 2.11 bits per heavy atom. The average Bonchev–Trinajstić information content (AvgIpc) is 3.28. The number of aryl methyl sites for hydroxylation is 1. The van der Waals surface area contributed by atoms with E-state index in [0.29, 0.717) is 25.3 Å². The Hall–Kier alpha value is -2.36. The van der Waals surface area contributed by atoms with Crippen molar-refractivity contribution in [3.05, 3.63) is 16.3 Å². The highest BCUT2D eigenvalue weighted by Gasteiger charge is 2.56. The second-order valence-corrected chi connectivity index (χ2v) is 8.70. The van der Waals surface area contributed by atoms with E-state index in [0.717, 1.165) is 12.8 Å². The molecule has 156 valence electrons. The van der Waals surface area contributed by atoms with Gasteiger partial charge in [-0.3, -0.25) is 10.1 Å². The summed E-state index contributed by atoms with van der Waals surface area (Å²) < 4.78 is 12.7. The predicted octanol–water partition coefficient (Wildman–Crippen LogP) is 2.23. The molecule has 2 fully saturated rings. The maximum absolute atomic E-state index is 12.4. The quantitative estimate of drug-likeness (QED) is 0.614. The van der Waals surface area contributed by atoms with E-state index < -0.39 is 16.6 Å². The molecule has 28 heavy (non-hydrogen) atoms. The molecule has 0 radical (unpaired) electrons. The molecule has 1 aliphatic carbocycles. The summed E-state index contributed by atoms with van der Waals surface area (Å²) in [5, 5.41) is 18.5. The van der Waals surface area contributed by atoms with Gasteiger partial charge in [-0.2, -0.15) is 5.10 Å². The molecule has 1 aromatic rings. The molecule has 10 nitrogen and oxygen atoms in total. The lowest BCUT2D eigenvalue weighted by Crippen LogP contribution is -2.52. The zero-order valence-corrected chi connectivity index (χ0v) is 17.1. The zero-order chi connectivity index (χ0) is 20.7. The molecule has 1 saturated carbocycles. The SMILES string of the molecule is CO[C@@H]1CCN(c2c([N+](=O)[O-])cnn2C)CC2(CC2)[C@@H]1NC(=O)OC(C)(C)C. The maximum atomic E-state index is 12.4. The van der Waals surface area contributed by atoms with Crippen molar-refractivity contribution in [2.24, 2.45) is 12.5 Å². The van der Waals surface area contributed by atoms with Gasteiger partial charge in [0.15, 0.2) is 0 Å². The van der Waals surface area contributed by atoms with Crippen molar-refractivity contribution in [1.29, 1.82) is 0 Å². The largest absolute Gasteiger partial charge is 0.444 e. The van der Waals surface area contributed by atoms with Crippen LogP contribution in [0.1, 0.15) is 40.0 Å². The zero-order valence-electron chi connectivity index (χ0n) is 17.1. The fraction of sp³-hybridized carbons (Fsp3) is 0.778. The first kappa shape index (κ1) is 20.4. The number of carbonyl (C=O) groups excluding carboxylic acids is 1. The van der Waals surface area contributed by atoms with Crippen LogP contribution < -0.4 is 10.2 Å². The fourth-order valence-corrected chi connectivity index (χ4v) is 4.06. The van der Waals surface area contributed by atoms with Crippen molar-refractivity contribution >= 4 is 17.6 Å². The molecular formula is C18H29N5O5. The summed E-state index contributed by atoms with van der Waals surface area (Å²) in [5.74, 6) is 0.490. The van der Waals surface area contributed by atoms with Gasteiger partial charge < -0.3 is 19.7 Å². The molecule has 2 heterocycles. The molecule has 1 aromatic heterocycles. The van der Waals surface area contributed by atoms with Gasteiger partial charge in [-0.25, -0.2) is 9.48 Å². The number of hydrogen-bond acceptors (Lipinski definition) is 7. The van der Waals surface area contributed by atoms with E-state index in [4.69, 9.17) is 9.47 Å². The third-order valence-electron chi connectivity index (χ3n) is 5.47. The number of anilines is 1. The molecule has 2 atom stereocenters. The van der Waals surface area contributed by atoms with Gasteiger partial charge in [0.05, 0.1) is 17.1 Å². The molecule has 2 aliphatic rings. The van der Waals surface area contributed by atoms with E-state index in [1.807, 2.05) is 25.7 Å². The van der Waals surface area contributed by atoms with Crippen LogP contribution in [0.4, 0.5) is 16.3 Å². The summed E-state index contributed by atoms with van der Waals surface area (Å²) in [6, 6.07) is -0.218. The number of aromatic nitrogens is 2. The first-order valence-electron chi connectivity index (χ1n) is 9.50. The monoisotopic (exact) mass is 395 g/mol. The number of ether oxygens (including phenoxy) is 2. The van der Waals surface area contributed by atoms with Gasteiger partial charge in [0.1, 0.15) is 11.8 Å². The number of rotatable bonds is 4. The summed E-state index contributed by atoms with van der Waals surface area (Å²) in [6.07, 6.45) is 3.06. The van der Waals surface area contributed by atoms with Crippen LogP contribution in [-0.2, 0) is 16.5 Å². The van der Waals surface area contributed by atoms with Crippen LogP contribution in [-0.4, -0.2) is 58.7 Å². The average molecular weight is 395 g/mol. The standard InChI is InChI=1S/C18H29N5O5/c1-17(2,3)28-16(24)20-14-13(27-5)6-9-22(11-18(14)7-8-18)15-12(23(25)26)10-19-21(15)4/h10,13-14H,6-9,11H2,1-5H3,(H,20,24)/t13-,14-/m1/s1. The lowest BCUT2D eigenvalue weighted by atomic mass is 9.91. The first-order valence-corrected chi connectivity index (χ1v) is 9.50. The number of carbonyl (C=O) groups is 1. The normalized spacial score (nSPS) is 24.0. The lowest BCUT2D eigenvalue weighted by Gasteiger charge is -2.33. The lowest BCUT2D eigenvalue weighted by molar-refractivity contribution is -0.384. The molecule has 1 amide bonds. The van der Waals surface area contributed by atoms with Crippen LogP contribution in [0.3, 0.4) is 0 Å². The molecule has 0 aromatic carbocycles. The Morgan fingerprint density at radius 3 is 2.64 bits per heavy atom. The molecule has 1 spiro atoms. The number of nitrogens with zero attached hydrogens (tertiary/aromatic N) is 4. The third-order valence-corrected chi connectivity index (χ3v) is 5.47. The van der Waals surface area contributed by atoms with Crippen molar-refractivity contribution in [3.8, 4) is 0 Å². The first-order chi connectivity index (χ1) is 13.1. The Labute approximate surface area is 164 Å². The Morgan fingerprint density at radius 1 is 1.43 bits per heavy atom. The number of nitro groups is 1. The Bertz CT molecular complexity index is 752. The highest BCUT2D eigenvalue weighted by atomic mass is 16.6. The Kier molecular flexibility index (Phi) is 5.26. The summed E-state index contributed by atoms with van der Waals surface area (Å²) in [7, 11) is 3.34. The number of hydrogen-bond donors (Lipinski definition) is 1. The number of amides is 1. The van der Waals surface area contributed by atoms with Gasteiger partial charge in [-0.05, 0) is 40.0 Å². The van der Waals surface area contributed by atoms with Crippen LogP contribution in [0.15, 0.2) is 6.20 Å². The maximum Gasteiger partial charge on any atom is 0.407 e. The summed E-state index contributed by atoms with van der Waals surface area (Å²) >= 11 is 0. The number of methoxy groups -OCH3 is 1. The van der Waals surface area contributed by atoms with Crippen LogP contribution in [0.25, 0.3) is 0 Å². The highest BCUT2D eigenvalue weighted by Crippen LogP contribution is 2.53. The van der Waals surface area contributed by atoms with Crippen LogP contribution in [0, 0.1) is 15.5 Å². The van der Waals surface area contributed by atoms with E-state index >= 15 is 0 Å². The van der Waals surface area contributed by atoms with Gasteiger partial charge >= 0.3 is 11.8 Å². The highest BCUT2D eigenvalue weighted by molar-refractivity contribution is 5.68. The van der Waals surface area contributed by atoms with Gasteiger partial charge in [0, 0.05) is 32.7 Å². The molecule has 1 saturated heterocycles. The molecule has 0 unspecified atom stereocenters. The van der Waals surface area contributed by atoms with Crippen LogP contribution in [0.5, 0.6) is 0 Å². The van der Waals surface area contributed by atoms with E-state index in [2.05, 4.69) is 10.4 Å². The van der Waals surface area contributed by atoms with Crippen molar-refractivity contribution in [2.75, 3.05) is 25.1 Å². The van der Waals surface area contributed by atoms with Gasteiger partial charge in [-0.15, -0.1) is 0 Å². The van der Waals surface area contributed by atoms with E-state index in [1.165, 1.54) is 10.9 Å². The number of alkyl carbamates (subject to hydrolysis) is 1. The van der Waals surface area contributed by atoms with Crippen LogP contribution in [0.2, 0.25) is 0 Å².